The molecule has 2 atom stereocenters. The molecule has 0 aromatic heterocycles. The van der Waals surface area contributed by atoms with Crippen molar-refractivity contribution >= 4 is 31.9 Å². The SMILES string of the molecule is NC(CC1CCOc2ccccc21)c1ccc(Br)cc1Br. The van der Waals surface area contributed by atoms with E-state index in [9.17, 15) is 0 Å². The van der Waals surface area contributed by atoms with Gasteiger partial charge in [0.25, 0.3) is 0 Å². The Balaban J connectivity index is 1.81. The lowest BCUT2D eigenvalue weighted by Crippen LogP contribution is -2.20. The van der Waals surface area contributed by atoms with Crippen molar-refractivity contribution in [2.75, 3.05) is 6.61 Å². The van der Waals surface area contributed by atoms with Gasteiger partial charge in [0.05, 0.1) is 6.61 Å². The van der Waals surface area contributed by atoms with Crippen LogP contribution in [0.4, 0.5) is 0 Å². The van der Waals surface area contributed by atoms with Gasteiger partial charge in [0.2, 0.25) is 0 Å². The van der Waals surface area contributed by atoms with Gasteiger partial charge < -0.3 is 10.5 Å². The molecule has 2 aromatic rings. The van der Waals surface area contributed by atoms with E-state index in [0.29, 0.717) is 5.92 Å². The molecule has 0 fully saturated rings. The normalized spacial score (nSPS) is 18.7. The Kier molecular flexibility index (Phi) is 4.67. The zero-order chi connectivity index (χ0) is 14.8. The molecule has 0 saturated carbocycles. The van der Waals surface area contributed by atoms with Crippen LogP contribution in [0.2, 0.25) is 0 Å². The van der Waals surface area contributed by atoms with Crippen LogP contribution in [0, 0.1) is 0 Å². The van der Waals surface area contributed by atoms with E-state index in [2.05, 4.69) is 50.1 Å². The van der Waals surface area contributed by atoms with Gasteiger partial charge in [-0.2, -0.15) is 0 Å². The summed E-state index contributed by atoms with van der Waals surface area (Å²) in [5.41, 5.74) is 8.89. The summed E-state index contributed by atoms with van der Waals surface area (Å²) in [5, 5.41) is 0. The molecule has 0 saturated heterocycles. The van der Waals surface area contributed by atoms with Crippen LogP contribution in [0.25, 0.3) is 0 Å². The van der Waals surface area contributed by atoms with Crippen molar-refractivity contribution in [2.24, 2.45) is 5.73 Å². The molecule has 4 heteroatoms. The number of ether oxygens (including phenoxy) is 1. The first kappa shape index (κ1) is 15.1. The van der Waals surface area contributed by atoms with E-state index in [0.717, 1.165) is 39.7 Å². The number of benzene rings is 2. The van der Waals surface area contributed by atoms with Crippen LogP contribution in [0.3, 0.4) is 0 Å². The lowest BCUT2D eigenvalue weighted by atomic mass is 9.86. The minimum atomic E-state index is 0.0173. The molecule has 0 bridgehead atoms. The zero-order valence-electron chi connectivity index (χ0n) is 11.6. The molecule has 1 aliphatic heterocycles. The van der Waals surface area contributed by atoms with E-state index < -0.39 is 0 Å². The number of nitrogens with two attached hydrogens (primary N) is 1. The first-order valence-corrected chi connectivity index (χ1v) is 8.66. The summed E-state index contributed by atoms with van der Waals surface area (Å²) in [6.45, 7) is 0.774. The van der Waals surface area contributed by atoms with Crippen molar-refractivity contribution in [3.63, 3.8) is 0 Å². The fourth-order valence-corrected chi connectivity index (χ4v) is 4.24. The smallest absolute Gasteiger partial charge is 0.122 e. The highest BCUT2D eigenvalue weighted by Crippen LogP contribution is 2.39. The molecule has 3 rings (SSSR count). The molecule has 1 heterocycles. The van der Waals surface area contributed by atoms with Crippen LogP contribution in [0.5, 0.6) is 5.75 Å². The van der Waals surface area contributed by atoms with E-state index in [1.165, 1.54) is 5.56 Å². The first-order chi connectivity index (χ1) is 10.1. The summed E-state index contributed by atoms with van der Waals surface area (Å²) >= 11 is 7.09. The predicted octanol–water partition coefficient (Wildman–Crippen LogP) is 5.17. The average Bonchev–Trinajstić information content (AvgIpc) is 2.47. The molecule has 0 spiro atoms. The molecule has 2 nitrogen and oxygen atoms in total. The summed E-state index contributed by atoms with van der Waals surface area (Å²) < 4.78 is 7.84. The molecule has 2 unspecified atom stereocenters. The van der Waals surface area contributed by atoms with Gasteiger partial charge in [0.1, 0.15) is 5.75 Å². The minimum absolute atomic E-state index is 0.0173. The van der Waals surface area contributed by atoms with Crippen LogP contribution in [0.15, 0.2) is 51.4 Å². The Morgan fingerprint density at radius 1 is 1.19 bits per heavy atom. The average molecular weight is 411 g/mol. The molecule has 1 aliphatic rings. The lowest BCUT2D eigenvalue weighted by Gasteiger charge is -2.28. The van der Waals surface area contributed by atoms with Crippen LogP contribution >= 0.6 is 31.9 Å². The van der Waals surface area contributed by atoms with E-state index in [4.69, 9.17) is 10.5 Å². The molecule has 0 aliphatic carbocycles. The van der Waals surface area contributed by atoms with Gasteiger partial charge in [0.15, 0.2) is 0 Å². The van der Waals surface area contributed by atoms with Gasteiger partial charge in [0, 0.05) is 15.0 Å². The van der Waals surface area contributed by atoms with E-state index in [1.807, 2.05) is 24.3 Å². The van der Waals surface area contributed by atoms with Crippen LogP contribution in [-0.4, -0.2) is 6.61 Å². The molecule has 2 N–H and O–H groups in total. The molecule has 2 aromatic carbocycles. The second-order valence-electron chi connectivity index (χ2n) is 5.38. The maximum Gasteiger partial charge on any atom is 0.122 e. The second kappa shape index (κ2) is 6.51. The molecule has 110 valence electrons. The van der Waals surface area contributed by atoms with Crippen molar-refractivity contribution < 1.29 is 4.74 Å². The number of hydrogen-bond acceptors (Lipinski definition) is 2. The Bertz CT molecular complexity index is 644. The van der Waals surface area contributed by atoms with Crippen molar-refractivity contribution in [1.82, 2.24) is 0 Å². The zero-order valence-corrected chi connectivity index (χ0v) is 14.7. The summed E-state index contributed by atoms with van der Waals surface area (Å²) in [4.78, 5) is 0. The summed E-state index contributed by atoms with van der Waals surface area (Å²) in [7, 11) is 0. The monoisotopic (exact) mass is 409 g/mol. The van der Waals surface area contributed by atoms with Crippen LogP contribution < -0.4 is 10.5 Å². The van der Waals surface area contributed by atoms with Crippen LogP contribution in [-0.2, 0) is 0 Å². The quantitative estimate of drug-likeness (QED) is 0.757. The lowest BCUT2D eigenvalue weighted by molar-refractivity contribution is 0.259. The topological polar surface area (TPSA) is 35.2 Å². The van der Waals surface area contributed by atoms with Gasteiger partial charge in [-0.25, -0.2) is 0 Å². The number of halogens is 2. The molecule has 0 radical (unpaired) electrons. The first-order valence-electron chi connectivity index (χ1n) is 7.07. The Hall–Kier alpha value is -0.840. The summed E-state index contributed by atoms with van der Waals surface area (Å²) in [6.07, 6.45) is 1.96. The fourth-order valence-electron chi connectivity index (χ4n) is 2.90. The number of para-hydroxylation sites is 1. The van der Waals surface area contributed by atoms with E-state index >= 15 is 0 Å². The largest absolute Gasteiger partial charge is 0.493 e. The maximum absolute atomic E-state index is 6.45. The Morgan fingerprint density at radius 3 is 2.81 bits per heavy atom. The molecule has 21 heavy (non-hydrogen) atoms. The predicted molar refractivity (Wildman–Crippen MR) is 92.7 cm³/mol. The summed E-state index contributed by atoms with van der Waals surface area (Å²) in [6, 6.07) is 14.5. The molecule has 0 amide bonds. The van der Waals surface area contributed by atoms with Gasteiger partial charge in [-0.1, -0.05) is 56.1 Å². The number of rotatable bonds is 3. The third-order valence-corrected chi connectivity index (χ3v) is 5.16. The Morgan fingerprint density at radius 2 is 2.00 bits per heavy atom. The van der Waals surface area contributed by atoms with Gasteiger partial charge >= 0.3 is 0 Å². The summed E-state index contributed by atoms with van der Waals surface area (Å²) in [5.74, 6) is 1.47. The van der Waals surface area contributed by atoms with Gasteiger partial charge in [-0.3, -0.25) is 0 Å². The van der Waals surface area contributed by atoms with E-state index in [-0.39, 0.29) is 6.04 Å². The van der Waals surface area contributed by atoms with Gasteiger partial charge in [-0.05, 0) is 48.1 Å². The fraction of sp³-hybridized carbons (Fsp3) is 0.294. The van der Waals surface area contributed by atoms with Crippen molar-refractivity contribution in [3.05, 3.63) is 62.5 Å². The Labute approximate surface area is 141 Å². The van der Waals surface area contributed by atoms with Gasteiger partial charge in [-0.15, -0.1) is 0 Å². The molecular weight excluding hydrogens is 394 g/mol. The van der Waals surface area contributed by atoms with E-state index in [1.54, 1.807) is 0 Å². The van der Waals surface area contributed by atoms with Crippen molar-refractivity contribution in [2.45, 2.75) is 24.8 Å². The standard InChI is InChI=1S/C17H17Br2NO/c18-12-5-6-14(15(19)10-12)16(20)9-11-7-8-21-17-4-2-1-3-13(11)17/h1-6,10-11,16H,7-9,20H2. The number of fused-ring (bicyclic) bond motifs is 1. The van der Waals surface area contributed by atoms with Crippen molar-refractivity contribution in [1.29, 1.82) is 0 Å². The van der Waals surface area contributed by atoms with Crippen LogP contribution in [0.1, 0.15) is 35.9 Å². The highest BCUT2D eigenvalue weighted by atomic mass is 79.9. The highest BCUT2D eigenvalue weighted by Gasteiger charge is 2.24. The third kappa shape index (κ3) is 3.33. The highest BCUT2D eigenvalue weighted by molar-refractivity contribution is 9.11. The second-order valence-corrected chi connectivity index (χ2v) is 7.15. The minimum Gasteiger partial charge on any atom is -0.493 e. The molecular formula is C17H17Br2NO. The van der Waals surface area contributed by atoms with Crippen molar-refractivity contribution in [3.8, 4) is 5.75 Å². The third-order valence-electron chi connectivity index (χ3n) is 3.98. The maximum atomic E-state index is 6.45. The number of hydrogen-bond donors (Lipinski definition) is 1.